The number of benzene rings is 9. The first kappa shape index (κ1) is 35.2. The van der Waals surface area contributed by atoms with Gasteiger partial charge in [-0.05, 0) is 83.9 Å². The largest absolute Gasteiger partial charge is 0.309 e. The molecule has 13 aromatic rings. The molecule has 4 heterocycles. The molecule has 0 fully saturated rings. The summed E-state index contributed by atoms with van der Waals surface area (Å²) >= 11 is 0. The molecule has 0 aliphatic heterocycles. The minimum atomic E-state index is 0.684. The van der Waals surface area contributed by atoms with Gasteiger partial charge in [-0.1, -0.05) is 146 Å². The molecule has 0 bridgehead atoms. The Morgan fingerprint density at radius 1 is 0.254 bits per heavy atom. The molecule has 0 aliphatic rings. The molecule has 63 heavy (non-hydrogen) atoms. The molecule has 5 heteroatoms. The van der Waals surface area contributed by atoms with Crippen LogP contribution in [0.25, 0.3) is 116 Å². The highest BCUT2D eigenvalue weighted by atomic mass is 15.1. The van der Waals surface area contributed by atoms with E-state index in [1.165, 1.54) is 49.2 Å². The van der Waals surface area contributed by atoms with Gasteiger partial charge < -0.3 is 9.13 Å². The molecule has 9 aromatic carbocycles. The van der Waals surface area contributed by atoms with E-state index in [9.17, 15) is 0 Å². The average Bonchev–Trinajstić information content (AvgIpc) is 3.99. The van der Waals surface area contributed by atoms with Crippen LogP contribution in [0.1, 0.15) is 0 Å². The lowest BCUT2D eigenvalue weighted by molar-refractivity contribution is 1.05. The molecule has 294 valence electrons. The van der Waals surface area contributed by atoms with Crippen LogP contribution in [0.3, 0.4) is 0 Å². The molecule has 0 saturated carbocycles. The normalized spacial score (nSPS) is 11.8. The molecular formula is C58H37N5. The first-order chi connectivity index (χ1) is 31.2. The van der Waals surface area contributed by atoms with Crippen molar-refractivity contribution in [2.75, 3.05) is 0 Å². The Labute approximate surface area is 363 Å². The Kier molecular flexibility index (Phi) is 7.84. The predicted octanol–water partition coefficient (Wildman–Crippen LogP) is 14.8. The molecule has 0 N–H and O–H groups in total. The lowest BCUT2D eigenvalue weighted by Gasteiger charge is -2.13. The Morgan fingerprint density at radius 2 is 0.683 bits per heavy atom. The van der Waals surface area contributed by atoms with Gasteiger partial charge in [-0.15, -0.1) is 0 Å². The minimum Gasteiger partial charge on any atom is -0.309 e. The molecule has 13 rings (SSSR count). The van der Waals surface area contributed by atoms with E-state index in [4.69, 9.17) is 9.97 Å². The van der Waals surface area contributed by atoms with Crippen molar-refractivity contribution in [3.8, 4) is 51.0 Å². The van der Waals surface area contributed by atoms with Crippen LogP contribution < -0.4 is 0 Å². The maximum atomic E-state index is 5.34. The van der Waals surface area contributed by atoms with Crippen LogP contribution in [0.5, 0.6) is 0 Å². The minimum absolute atomic E-state index is 0.684. The number of hydrogen-bond donors (Lipinski definition) is 0. The van der Waals surface area contributed by atoms with E-state index in [2.05, 4.69) is 214 Å². The number of fused-ring (bicyclic) bond motifs is 9. The number of para-hydroxylation sites is 4. The highest BCUT2D eigenvalue weighted by Gasteiger charge is 2.20. The molecule has 0 radical (unpaired) electrons. The molecule has 0 atom stereocenters. The van der Waals surface area contributed by atoms with E-state index in [0.29, 0.717) is 5.82 Å². The summed E-state index contributed by atoms with van der Waals surface area (Å²) in [6.45, 7) is 0. The Morgan fingerprint density at radius 3 is 1.29 bits per heavy atom. The second-order valence-corrected chi connectivity index (χ2v) is 16.2. The topological polar surface area (TPSA) is 40.6 Å². The van der Waals surface area contributed by atoms with Crippen molar-refractivity contribution in [2.45, 2.75) is 0 Å². The zero-order valence-corrected chi connectivity index (χ0v) is 34.1. The van der Waals surface area contributed by atoms with Crippen molar-refractivity contribution >= 4 is 65.4 Å². The van der Waals surface area contributed by atoms with E-state index >= 15 is 0 Å². The van der Waals surface area contributed by atoms with Crippen molar-refractivity contribution < 1.29 is 0 Å². The van der Waals surface area contributed by atoms with E-state index in [0.717, 1.165) is 61.4 Å². The third-order valence-corrected chi connectivity index (χ3v) is 12.7. The summed E-state index contributed by atoms with van der Waals surface area (Å²) < 4.78 is 7.09. The third-order valence-electron chi connectivity index (χ3n) is 12.7. The van der Waals surface area contributed by atoms with Gasteiger partial charge in [0.15, 0.2) is 5.82 Å². The smallest absolute Gasteiger partial charge is 0.162 e. The van der Waals surface area contributed by atoms with Crippen LogP contribution in [0.15, 0.2) is 224 Å². The van der Waals surface area contributed by atoms with E-state index in [-0.39, 0.29) is 0 Å². The Bertz CT molecular complexity index is 3780. The summed E-state index contributed by atoms with van der Waals surface area (Å²) in [6, 6.07) is 80.3. The standard InChI is InChI=1S/C58H37N5/c1-4-16-38(17-5-1)50-37-57(60-58(59-50)39-18-6-2-7-19-39)63-55-32-29-41(40-28-31-54-47(34-40)46-24-12-15-27-53(46)61(54)42-20-8-3-9-21-42)35-48(55)49-36-43(30-33-56(49)63)62-51-25-13-10-22-44(51)45-23-11-14-26-52(45)62/h1-37H. The highest BCUT2D eigenvalue weighted by molar-refractivity contribution is 6.14. The van der Waals surface area contributed by atoms with Gasteiger partial charge in [-0.2, -0.15) is 0 Å². The second kappa shape index (κ2) is 14.0. The van der Waals surface area contributed by atoms with Gasteiger partial charge in [0.25, 0.3) is 0 Å². The van der Waals surface area contributed by atoms with Crippen LogP contribution in [0.2, 0.25) is 0 Å². The van der Waals surface area contributed by atoms with Gasteiger partial charge in [0.05, 0.1) is 38.8 Å². The first-order valence-electron chi connectivity index (χ1n) is 21.4. The van der Waals surface area contributed by atoms with Gasteiger partial charge in [-0.25, -0.2) is 9.97 Å². The quantitative estimate of drug-likeness (QED) is 0.168. The van der Waals surface area contributed by atoms with Gasteiger partial charge in [0.2, 0.25) is 0 Å². The summed E-state index contributed by atoms with van der Waals surface area (Å²) in [5.74, 6) is 1.50. The molecule has 0 unspecified atom stereocenters. The fraction of sp³-hybridized carbons (Fsp3) is 0. The lowest BCUT2D eigenvalue weighted by Crippen LogP contribution is -2.02. The van der Waals surface area contributed by atoms with Gasteiger partial charge in [0.1, 0.15) is 5.82 Å². The summed E-state index contributed by atoms with van der Waals surface area (Å²) in [5.41, 5.74) is 14.4. The van der Waals surface area contributed by atoms with Crippen molar-refractivity contribution in [3.63, 3.8) is 0 Å². The van der Waals surface area contributed by atoms with Crippen LogP contribution in [0.4, 0.5) is 0 Å². The number of rotatable bonds is 6. The zero-order valence-electron chi connectivity index (χ0n) is 34.1. The van der Waals surface area contributed by atoms with E-state index < -0.39 is 0 Å². The monoisotopic (exact) mass is 803 g/mol. The molecule has 0 amide bonds. The predicted molar refractivity (Wildman–Crippen MR) is 261 cm³/mol. The van der Waals surface area contributed by atoms with Crippen LogP contribution in [-0.2, 0) is 0 Å². The molecule has 5 nitrogen and oxygen atoms in total. The Balaban J connectivity index is 1.07. The fourth-order valence-electron chi connectivity index (χ4n) is 9.81. The van der Waals surface area contributed by atoms with Crippen molar-refractivity contribution in [1.29, 1.82) is 0 Å². The second-order valence-electron chi connectivity index (χ2n) is 16.2. The Hall–Kier alpha value is -8.54. The zero-order chi connectivity index (χ0) is 41.4. The molecule has 4 aromatic heterocycles. The number of nitrogens with zero attached hydrogens (tertiary/aromatic N) is 5. The van der Waals surface area contributed by atoms with Crippen LogP contribution in [0, 0.1) is 0 Å². The van der Waals surface area contributed by atoms with Gasteiger partial charge in [0, 0.05) is 60.9 Å². The lowest BCUT2D eigenvalue weighted by atomic mass is 10.0. The highest BCUT2D eigenvalue weighted by Crippen LogP contribution is 2.40. The molecule has 0 saturated heterocycles. The summed E-state index contributed by atoms with van der Waals surface area (Å²) in [7, 11) is 0. The average molecular weight is 804 g/mol. The van der Waals surface area contributed by atoms with Crippen LogP contribution in [-0.4, -0.2) is 23.7 Å². The van der Waals surface area contributed by atoms with Crippen molar-refractivity contribution in [2.24, 2.45) is 0 Å². The van der Waals surface area contributed by atoms with Crippen molar-refractivity contribution in [3.05, 3.63) is 224 Å². The molecule has 0 aliphatic carbocycles. The number of aromatic nitrogens is 5. The maximum Gasteiger partial charge on any atom is 0.162 e. The molecule has 0 spiro atoms. The van der Waals surface area contributed by atoms with E-state index in [1.807, 2.05) is 24.3 Å². The van der Waals surface area contributed by atoms with E-state index in [1.54, 1.807) is 0 Å². The SMILES string of the molecule is c1ccc(-c2cc(-n3c4ccc(-c5ccc6c(c5)c5ccccc5n6-c5ccccc5)cc4c4cc(-n5c6ccccc6c6ccccc65)ccc43)nc(-c3ccccc3)n2)cc1. The van der Waals surface area contributed by atoms with Crippen LogP contribution >= 0.6 is 0 Å². The van der Waals surface area contributed by atoms with Gasteiger partial charge >= 0.3 is 0 Å². The number of hydrogen-bond acceptors (Lipinski definition) is 2. The fourth-order valence-corrected chi connectivity index (χ4v) is 9.81. The van der Waals surface area contributed by atoms with Crippen molar-refractivity contribution in [1.82, 2.24) is 23.7 Å². The van der Waals surface area contributed by atoms with Gasteiger partial charge in [-0.3, -0.25) is 4.57 Å². The molecular weight excluding hydrogens is 767 g/mol. The summed E-state index contributed by atoms with van der Waals surface area (Å²) in [4.78, 5) is 10.5. The summed E-state index contributed by atoms with van der Waals surface area (Å²) in [5, 5.41) is 7.24. The maximum absolute atomic E-state index is 5.34. The third kappa shape index (κ3) is 5.57. The summed E-state index contributed by atoms with van der Waals surface area (Å²) in [6.07, 6.45) is 0. The first-order valence-corrected chi connectivity index (χ1v) is 21.4.